The smallest absolute Gasteiger partial charge is 0.316 e. The summed E-state index contributed by atoms with van der Waals surface area (Å²) in [5.74, 6) is -0.184. The van der Waals surface area contributed by atoms with E-state index in [0.29, 0.717) is 11.7 Å². The Bertz CT molecular complexity index is 303. The maximum atomic E-state index is 10.8. The van der Waals surface area contributed by atoms with Crippen LogP contribution in [0.1, 0.15) is 0 Å². The summed E-state index contributed by atoms with van der Waals surface area (Å²) in [6.07, 6.45) is 0. The number of tetrazole rings is 1. The number of methoxy groups -OCH3 is 1. The van der Waals surface area contributed by atoms with Crippen molar-refractivity contribution in [1.29, 1.82) is 0 Å². The highest BCUT2D eigenvalue weighted by atomic mass is 32.2. The van der Waals surface area contributed by atoms with Crippen LogP contribution in [0.25, 0.3) is 0 Å². The fourth-order valence-electron chi connectivity index (χ4n) is 0.717. The number of carbonyl (C=O) groups is 1. The summed E-state index contributed by atoms with van der Waals surface area (Å²) in [4.78, 5) is 10.8. The Morgan fingerprint density at radius 1 is 1.71 bits per heavy atom. The lowest BCUT2D eigenvalue weighted by Crippen LogP contribution is -2.08. The van der Waals surface area contributed by atoms with Gasteiger partial charge in [0.2, 0.25) is 5.16 Å². The van der Waals surface area contributed by atoms with Crippen LogP contribution in [0.4, 0.5) is 0 Å². The number of hydrogen-bond donors (Lipinski definition) is 1. The van der Waals surface area contributed by atoms with E-state index in [4.69, 9.17) is 5.11 Å². The Morgan fingerprint density at radius 2 is 2.50 bits per heavy atom. The van der Waals surface area contributed by atoms with Crippen LogP contribution >= 0.6 is 11.8 Å². The van der Waals surface area contributed by atoms with Crippen molar-refractivity contribution in [1.82, 2.24) is 20.2 Å². The highest BCUT2D eigenvalue weighted by molar-refractivity contribution is 7.99. The van der Waals surface area contributed by atoms with E-state index in [1.54, 1.807) is 0 Å². The molecular weight excluding hydrogens is 208 g/mol. The lowest BCUT2D eigenvalue weighted by molar-refractivity contribution is -0.137. The molecule has 1 aromatic heterocycles. The molecule has 0 saturated carbocycles. The average molecular weight is 218 g/mol. The molecule has 7 nitrogen and oxygen atoms in total. The van der Waals surface area contributed by atoms with Crippen LogP contribution < -0.4 is 0 Å². The highest BCUT2D eigenvalue weighted by Gasteiger charge is 2.08. The van der Waals surface area contributed by atoms with Crippen molar-refractivity contribution < 1.29 is 14.6 Å². The second-order valence-corrected chi connectivity index (χ2v) is 3.22. The number of ether oxygens (including phenoxy) is 1. The van der Waals surface area contributed by atoms with Crippen molar-refractivity contribution in [3.05, 3.63) is 0 Å². The maximum Gasteiger partial charge on any atom is 0.316 e. The fourth-order valence-corrected chi connectivity index (χ4v) is 1.45. The van der Waals surface area contributed by atoms with Crippen LogP contribution in [-0.2, 0) is 16.1 Å². The zero-order chi connectivity index (χ0) is 10.4. The highest BCUT2D eigenvalue weighted by Crippen LogP contribution is 2.12. The van der Waals surface area contributed by atoms with Gasteiger partial charge in [0.1, 0.15) is 0 Å². The quantitative estimate of drug-likeness (QED) is 0.497. The SMILES string of the molecule is COC(=O)CSc1nnnn1CCO. The minimum absolute atomic E-state index is 0.0448. The van der Waals surface area contributed by atoms with Crippen molar-refractivity contribution in [3.8, 4) is 0 Å². The largest absolute Gasteiger partial charge is 0.468 e. The van der Waals surface area contributed by atoms with E-state index in [1.165, 1.54) is 23.6 Å². The monoisotopic (exact) mass is 218 g/mol. The van der Waals surface area contributed by atoms with Gasteiger partial charge in [0.25, 0.3) is 0 Å². The molecule has 0 radical (unpaired) electrons. The third-order valence-corrected chi connectivity index (χ3v) is 2.29. The molecule has 8 heteroatoms. The lowest BCUT2D eigenvalue weighted by Gasteiger charge is -2.00. The lowest BCUT2D eigenvalue weighted by atomic mass is 10.7. The van der Waals surface area contributed by atoms with Crippen LogP contribution in [0.3, 0.4) is 0 Å². The summed E-state index contributed by atoms with van der Waals surface area (Å²) in [5, 5.41) is 19.9. The Labute approximate surface area is 84.4 Å². The summed E-state index contributed by atoms with van der Waals surface area (Å²) in [6, 6.07) is 0. The molecule has 0 aliphatic heterocycles. The second kappa shape index (κ2) is 5.55. The first-order valence-corrected chi connectivity index (χ1v) is 4.83. The van der Waals surface area contributed by atoms with E-state index in [2.05, 4.69) is 20.3 Å². The van der Waals surface area contributed by atoms with E-state index >= 15 is 0 Å². The van der Waals surface area contributed by atoms with Crippen molar-refractivity contribution in [2.45, 2.75) is 11.7 Å². The number of carbonyl (C=O) groups excluding carboxylic acids is 1. The molecule has 1 heterocycles. The minimum Gasteiger partial charge on any atom is -0.468 e. The van der Waals surface area contributed by atoms with E-state index in [9.17, 15) is 4.79 Å². The topological polar surface area (TPSA) is 90.1 Å². The average Bonchev–Trinajstić information content (AvgIpc) is 2.62. The van der Waals surface area contributed by atoms with Gasteiger partial charge in [0.05, 0.1) is 26.0 Å². The molecule has 1 aromatic rings. The van der Waals surface area contributed by atoms with Gasteiger partial charge < -0.3 is 9.84 Å². The zero-order valence-electron chi connectivity index (χ0n) is 7.58. The summed E-state index contributed by atoms with van der Waals surface area (Å²) in [6.45, 7) is 0.271. The zero-order valence-corrected chi connectivity index (χ0v) is 8.40. The second-order valence-electron chi connectivity index (χ2n) is 2.27. The first-order valence-electron chi connectivity index (χ1n) is 3.84. The number of hydrogen-bond acceptors (Lipinski definition) is 7. The fraction of sp³-hybridized carbons (Fsp3) is 0.667. The summed E-state index contributed by atoms with van der Waals surface area (Å²) >= 11 is 1.17. The van der Waals surface area contributed by atoms with Gasteiger partial charge in [-0.2, -0.15) is 0 Å². The van der Waals surface area contributed by atoms with Gasteiger partial charge in [-0.15, -0.1) is 5.10 Å². The number of thioether (sulfide) groups is 1. The van der Waals surface area contributed by atoms with Gasteiger partial charge in [-0.25, -0.2) is 4.68 Å². The predicted molar refractivity (Wildman–Crippen MR) is 47.6 cm³/mol. The Kier molecular flexibility index (Phi) is 4.33. The molecule has 78 valence electrons. The third-order valence-electron chi connectivity index (χ3n) is 1.36. The van der Waals surface area contributed by atoms with Gasteiger partial charge in [0, 0.05) is 0 Å². The van der Waals surface area contributed by atoms with Gasteiger partial charge in [-0.1, -0.05) is 11.8 Å². The van der Waals surface area contributed by atoms with E-state index in [-0.39, 0.29) is 18.3 Å². The first kappa shape index (κ1) is 10.9. The van der Waals surface area contributed by atoms with Gasteiger partial charge >= 0.3 is 5.97 Å². The molecule has 14 heavy (non-hydrogen) atoms. The Hall–Kier alpha value is -1.15. The number of rotatable bonds is 5. The number of aromatic nitrogens is 4. The molecule has 0 spiro atoms. The molecule has 0 fully saturated rings. The van der Waals surface area contributed by atoms with Crippen LogP contribution in [-0.4, -0.2) is 50.8 Å². The standard InChI is InChI=1S/C6H10N4O3S/c1-13-5(12)4-14-6-7-8-9-10(6)2-3-11/h11H,2-4H2,1H3. The Balaban J connectivity index is 2.49. The van der Waals surface area contributed by atoms with Gasteiger partial charge in [-0.3, -0.25) is 4.79 Å². The normalized spacial score (nSPS) is 10.1. The van der Waals surface area contributed by atoms with Crippen LogP contribution in [0.15, 0.2) is 5.16 Å². The molecule has 0 aliphatic carbocycles. The van der Waals surface area contributed by atoms with Crippen LogP contribution in [0.2, 0.25) is 0 Å². The van der Waals surface area contributed by atoms with E-state index in [1.807, 2.05) is 0 Å². The molecule has 0 aliphatic rings. The van der Waals surface area contributed by atoms with Crippen LogP contribution in [0, 0.1) is 0 Å². The van der Waals surface area contributed by atoms with Crippen molar-refractivity contribution >= 4 is 17.7 Å². The van der Waals surface area contributed by atoms with Crippen molar-refractivity contribution in [2.24, 2.45) is 0 Å². The molecule has 0 bridgehead atoms. The molecule has 0 unspecified atom stereocenters. The predicted octanol–water partition coefficient (Wildman–Crippen LogP) is -1.07. The first-order chi connectivity index (χ1) is 6.77. The molecule has 0 saturated heterocycles. The molecule has 1 N–H and O–H groups in total. The number of aliphatic hydroxyl groups is 1. The van der Waals surface area contributed by atoms with Crippen molar-refractivity contribution in [3.63, 3.8) is 0 Å². The van der Waals surface area contributed by atoms with Crippen LogP contribution in [0.5, 0.6) is 0 Å². The summed E-state index contributed by atoms with van der Waals surface area (Å²) in [5.41, 5.74) is 0. The molecule has 0 aromatic carbocycles. The molecule has 1 rings (SSSR count). The van der Waals surface area contributed by atoms with Gasteiger partial charge in [-0.05, 0) is 10.4 Å². The number of aliphatic hydroxyl groups excluding tert-OH is 1. The third kappa shape index (κ3) is 2.96. The maximum absolute atomic E-state index is 10.8. The molecule has 0 atom stereocenters. The number of nitrogens with zero attached hydrogens (tertiary/aromatic N) is 4. The minimum atomic E-state index is -0.339. The van der Waals surface area contributed by atoms with Gasteiger partial charge in [0.15, 0.2) is 0 Å². The summed E-state index contributed by atoms with van der Waals surface area (Å²) < 4.78 is 5.89. The molecular formula is C6H10N4O3S. The van der Waals surface area contributed by atoms with E-state index < -0.39 is 0 Å². The molecule has 0 amide bonds. The Morgan fingerprint density at radius 3 is 3.14 bits per heavy atom. The van der Waals surface area contributed by atoms with E-state index in [0.717, 1.165) is 0 Å². The van der Waals surface area contributed by atoms with Crippen molar-refractivity contribution in [2.75, 3.05) is 19.5 Å². The summed E-state index contributed by atoms with van der Waals surface area (Å²) in [7, 11) is 1.32. The number of esters is 1.